The summed E-state index contributed by atoms with van der Waals surface area (Å²) in [6.45, 7) is 1.89. The summed E-state index contributed by atoms with van der Waals surface area (Å²) in [5.74, 6) is -0.972. The maximum absolute atomic E-state index is 13.9. The molecule has 3 rings (SSSR count). The predicted octanol–water partition coefficient (Wildman–Crippen LogP) is 2.37. The van der Waals surface area contributed by atoms with Crippen LogP contribution >= 0.6 is 0 Å². The topological polar surface area (TPSA) is 76.4 Å². The normalized spacial score (nSPS) is 13.8. The highest BCUT2D eigenvalue weighted by molar-refractivity contribution is 6.03. The lowest BCUT2D eigenvalue weighted by Crippen LogP contribution is -2.49. The van der Waals surface area contributed by atoms with Gasteiger partial charge in [-0.2, -0.15) is 5.26 Å². The van der Waals surface area contributed by atoms with Crippen molar-refractivity contribution in [3.05, 3.63) is 59.9 Å². The maximum Gasteiger partial charge on any atom is 0.233 e. The van der Waals surface area contributed by atoms with Crippen LogP contribution in [0.4, 0.5) is 15.8 Å². The summed E-state index contributed by atoms with van der Waals surface area (Å²) in [5.41, 5.74) is 1.44. The zero-order chi connectivity index (χ0) is 19.2. The number of anilines is 2. The average molecular weight is 366 g/mol. The first-order chi connectivity index (χ1) is 13.1. The summed E-state index contributed by atoms with van der Waals surface area (Å²) in [5, 5.41) is 11.5. The summed E-state index contributed by atoms with van der Waals surface area (Å²) in [6, 6.07) is 15.1. The molecule has 0 spiro atoms. The first-order valence-corrected chi connectivity index (χ1v) is 8.64. The fourth-order valence-electron chi connectivity index (χ4n) is 3.03. The summed E-state index contributed by atoms with van der Waals surface area (Å²) < 4.78 is 13.9. The van der Waals surface area contributed by atoms with Crippen LogP contribution in [0, 0.1) is 17.1 Å². The van der Waals surface area contributed by atoms with Gasteiger partial charge in [0, 0.05) is 31.9 Å². The van der Waals surface area contributed by atoms with Crippen LogP contribution in [-0.4, -0.2) is 42.9 Å². The zero-order valence-electron chi connectivity index (χ0n) is 14.7. The van der Waals surface area contributed by atoms with E-state index >= 15 is 0 Å². The molecule has 2 aromatic rings. The Labute approximate surface area is 156 Å². The molecule has 0 unspecified atom stereocenters. The molecule has 0 radical (unpaired) electrons. The van der Waals surface area contributed by atoms with E-state index in [-0.39, 0.29) is 18.1 Å². The van der Waals surface area contributed by atoms with Crippen molar-refractivity contribution >= 4 is 23.2 Å². The van der Waals surface area contributed by atoms with Crippen LogP contribution in [0.2, 0.25) is 0 Å². The van der Waals surface area contributed by atoms with Crippen LogP contribution in [0.25, 0.3) is 0 Å². The van der Waals surface area contributed by atoms with Crippen molar-refractivity contribution in [3.8, 4) is 6.07 Å². The van der Waals surface area contributed by atoms with E-state index in [1.54, 1.807) is 47.4 Å². The van der Waals surface area contributed by atoms with Crippen LogP contribution in [0.5, 0.6) is 0 Å². The summed E-state index contributed by atoms with van der Waals surface area (Å²) >= 11 is 0. The molecule has 0 atom stereocenters. The van der Waals surface area contributed by atoms with Crippen LogP contribution in [0.15, 0.2) is 48.5 Å². The standard InChI is InChI=1S/C20H19FN4O2/c21-17-6-1-2-7-18(17)24-8-10-25(11-9-24)20(27)13-19(26)23-16-5-3-4-15(12-16)14-22/h1-7,12H,8-11,13H2,(H,23,26). The number of benzene rings is 2. The van der Waals surface area contributed by atoms with Gasteiger partial charge < -0.3 is 15.1 Å². The number of carbonyl (C=O) groups excluding carboxylic acids is 2. The van der Waals surface area contributed by atoms with Crippen LogP contribution in [0.3, 0.4) is 0 Å². The number of hydrogen-bond donors (Lipinski definition) is 1. The third-order valence-corrected chi connectivity index (χ3v) is 4.41. The minimum absolute atomic E-state index is 0.267. The molecule has 0 aliphatic carbocycles. The molecule has 1 heterocycles. The first kappa shape index (κ1) is 18.4. The number of nitrogens with one attached hydrogen (secondary N) is 1. The third-order valence-electron chi connectivity index (χ3n) is 4.41. The molecule has 2 aromatic carbocycles. The van der Waals surface area contributed by atoms with Gasteiger partial charge in [0.1, 0.15) is 12.2 Å². The van der Waals surface area contributed by atoms with Gasteiger partial charge in [-0.3, -0.25) is 9.59 Å². The second-order valence-corrected chi connectivity index (χ2v) is 6.24. The molecule has 6 nitrogen and oxygen atoms in total. The molecule has 0 bridgehead atoms. The number of nitrogens with zero attached hydrogens (tertiary/aromatic N) is 3. The van der Waals surface area contributed by atoms with E-state index in [1.807, 2.05) is 11.0 Å². The molecule has 138 valence electrons. The quantitative estimate of drug-likeness (QED) is 0.843. The summed E-state index contributed by atoms with van der Waals surface area (Å²) in [7, 11) is 0. The lowest BCUT2D eigenvalue weighted by atomic mass is 10.2. The van der Waals surface area contributed by atoms with E-state index < -0.39 is 5.91 Å². The molecule has 27 heavy (non-hydrogen) atoms. The smallest absolute Gasteiger partial charge is 0.233 e. The van der Waals surface area contributed by atoms with E-state index in [1.165, 1.54) is 6.07 Å². The monoisotopic (exact) mass is 366 g/mol. The molecule has 1 N–H and O–H groups in total. The molecule has 0 aromatic heterocycles. The summed E-state index contributed by atoms with van der Waals surface area (Å²) in [6.07, 6.45) is -0.267. The Morgan fingerprint density at radius 2 is 1.81 bits per heavy atom. The van der Waals surface area contributed by atoms with Crippen molar-refractivity contribution in [2.24, 2.45) is 0 Å². The van der Waals surface area contributed by atoms with Gasteiger partial charge in [-0.05, 0) is 30.3 Å². The van der Waals surface area contributed by atoms with E-state index in [0.717, 1.165) is 0 Å². The van der Waals surface area contributed by atoms with Crippen LogP contribution < -0.4 is 10.2 Å². The number of rotatable bonds is 4. The van der Waals surface area contributed by atoms with Crippen LogP contribution in [0.1, 0.15) is 12.0 Å². The Hall–Kier alpha value is -3.40. The Kier molecular flexibility index (Phi) is 5.67. The highest BCUT2D eigenvalue weighted by atomic mass is 19.1. The van der Waals surface area contributed by atoms with Gasteiger partial charge >= 0.3 is 0 Å². The van der Waals surface area contributed by atoms with E-state index in [0.29, 0.717) is 43.1 Å². The average Bonchev–Trinajstić information content (AvgIpc) is 2.68. The predicted molar refractivity (Wildman–Crippen MR) is 99.6 cm³/mol. The van der Waals surface area contributed by atoms with Gasteiger partial charge in [-0.15, -0.1) is 0 Å². The van der Waals surface area contributed by atoms with Gasteiger partial charge in [0.05, 0.1) is 17.3 Å². The summed E-state index contributed by atoms with van der Waals surface area (Å²) in [4.78, 5) is 28.0. The number of halogens is 1. The molecule has 2 amide bonds. The van der Waals surface area contributed by atoms with Crippen molar-refractivity contribution in [1.82, 2.24) is 4.90 Å². The molecule has 1 saturated heterocycles. The largest absolute Gasteiger partial charge is 0.366 e. The van der Waals surface area contributed by atoms with Crippen LogP contribution in [-0.2, 0) is 9.59 Å². The highest BCUT2D eigenvalue weighted by Crippen LogP contribution is 2.20. The number of nitriles is 1. The fourth-order valence-corrected chi connectivity index (χ4v) is 3.03. The van der Waals surface area contributed by atoms with Crippen molar-refractivity contribution in [1.29, 1.82) is 5.26 Å². The third kappa shape index (κ3) is 4.61. The van der Waals surface area contributed by atoms with Crippen molar-refractivity contribution in [2.75, 3.05) is 36.4 Å². The molecule has 1 fully saturated rings. The Morgan fingerprint density at radius 3 is 2.52 bits per heavy atom. The second kappa shape index (κ2) is 8.32. The molecule has 7 heteroatoms. The molecular weight excluding hydrogens is 347 g/mol. The minimum atomic E-state index is -0.424. The van der Waals surface area contributed by atoms with Gasteiger partial charge in [0.2, 0.25) is 11.8 Å². The number of carbonyl (C=O) groups is 2. The number of piperazine rings is 1. The minimum Gasteiger partial charge on any atom is -0.366 e. The Balaban J connectivity index is 1.51. The zero-order valence-corrected chi connectivity index (χ0v) is 14.7. The Bertz CT molecular complexity index is 886. The number of para-hydroxylation sites is 1. The van der Waals surface area contributed by atoms with Crippen molar-refractivity contribution in [3.63, 3.8) is 0 Å². The first-order valence-electron chi connectivity index (χ1n) is 8.64. The molecule has 1 aliphatic rings. The lowest BCUT2D eigenvalue weighted by molar-refractivity contribution is -0.134. The molecule has 1 aliphatic heterocycles. The SMILES string of the molecule is N#Cc1cccc(NC(=O)CC(=O)N2CCN(c3ccccc3F)CC2)c1. The van der Waals surface area contributed by atoms with E-state index in [4.69, 9.17) is 5.26 Å². The number of hydrogen-bond acceptors (Lipinski definition) is 4. The highest BCUT2D eigenvalue weighted by Gasteiger charge is 2.24. The van der Waals surface area contributed by atoms with E-state index in [2.05, 4.69) is 5.32 Å². The Morgan fingerprint density at radius 1 is 1.07 bits per heavy atom. The maximum atomic E-state index is 13.9. The van der Waals surface area contributed by atoms with Gasteiger partial charge in [-0.25, -0.2) is 4.39 Å². The van der Waals surface area contributed by atoms with Gasteiger partial charge in [-0.1, -0.05) is 18.2 Å². The molecular formula is C20H19FN4O2. The lowest BCUT2D eigenvalue weighted by Gasteiger charge is -2.36. The van der Waals surface area contributed by atoms with Gasteiger partial charge in [0.25, 0.3) is 0 Å². The van der Waals surface area contributed by atoms with Crippen molar-refractivity contribution in [2.45, 2.75) is 6.42 Å². The van der Waals surface area contributed by atoms with E-state index in [9.17, 15) is 14.0 Å². The molecule has 0 saturated carbocycles. The van der Waals surface area contributed by atoms with Gasteiger partial charge in [0.15, 0.2) is 0 Å². The number of amides is 2. The fraction of sp³-hybridized carbons (Fsp3) is 0.250. The second-order valence-electron chi connectivity index (χ2n) is 6.24. The van der Waals surface area contributed by atoms with Crippen molar-refractivity contribution < 1.29 is 14.0 Å².